The van der Waals surface area contributed by atoms with Crippen molar-refractivity contribution in [3.8, 4) is 6.07 Å². The standard InChI is InChI=1S/C7H10N2O.C2H6/c1-6-4-9(5-6)7(10)2-3-8;1-2/h6H,2,4-5H2,1H3;1-2H3. The van der Waals surface area contributed by atoms with E-state index in [2.05, 4.69) is 6.92 Å². The second-order valence-electron chi connectivity index (χ2n) is 2.74. The third-order valence-corrected chi connectivity index (χ3v) is 1.65. The zero-order chi connectivity index (χ0) is 9.56. The molecule has 1 aliphatic rings. The van der Waals surface area contributed by atoms with Crippen LogP contribution in [0.5, 0.6) is 0 Å². The fourth-order valence-electron chi connectivity index (χ4n) is 1.08. The molecular weight excluding hydrogens is 152 g/mol. The first-order chi connectivity index (χ1) is 5.74. The second-order valence-corrected chi connectivity index (χ2v) is 2.74. The van der Waals surface area contributed by atoms with Gasteiger partial charge in [0.2, 0.25) is 5.91 Å². The van der Waals surface area contributed by atoms with Crippen LogP contribution in [0.25, 0.3) is 0 Å². The Labute approximate surface area is 74.0 Å². The lowest BCUT2D eigenvalue weighted by Gasteiger charge is -2.36. The maximum Gasteiger partial charge on any atom is 0.236 e. The summed E-state index contributed by atoms with van der Waals surface area (Å²) >= 11 is 0. The van der Waals surface area contributed by atoms with Crippen molar-refractivity contribution >= 4 is 5.91 Å². The molecule has 0 aromatic carbocycles. The molecule has 0 bridgehead atoms. The molecule has 0 aromatic heterocycles. The summed E-state index contributed by atoms with van der Waals surface area (Å²) in [7, 11) is 0. The van der Waals surface area contributed by atoms with Gasteiger partial charge in [0.1, 0.15) is 6.42 Å². The number of rotatable bonds is 1. The third-order valence-electron chi connectivity index (χ3n) is 1.65. The molecule has 0 saturated carbocycles. The minimum Gasteiger partial charge on any atom is -0.341 e. The summed E-state index contributed by atoms with van der Waals surface area (Å²) in [5.41, 5.74) is 0. The van der Waals surface area contributed by atoms with Gasteiger partial charge in [0.25, 0.3) is 0 Å². The highest BCUT2D eigenvalue weighted by Gasteiger charge is 2.26. The van der Waals surface area contributed by atoms with Crippen LogP contribution in [0, 0.1) is 17.2 Å². The molecular formula is C9H16N2O. The number of nitrogens with zero attached hydrogens (tertiary/aromatic N) is 2. The number of hydrogen-bond donors (Lipinski definition) is 0. The molecule has 0 N–H and O–H groups in total. The van der Waals surface area contributed by atoms with Gasteiger partial charge in [0.05, 0.1) is 6.07 Å². The molecule has 0 atom stereocenters. The van der Waals surface area contributed by atoms with Crippen LogP contribution in [0.15, 0.2) is 0 Å². The van der Waals surface area contributed by atoms with Crippen LogP contribution in [0.3, 0.4) is 0 Å². The smallest absolute Gasteiger partial charge is 0.236 e. The molecule has 3 heteroatoms. The van der Waals surface area contributed by atoms with Crippen molar-refractivity contribution in [1.82, 2.24) is 4.90 Å². The normalized spacial score (nSPS) is 15.3. The highest BCUT2D eigenvalue weighted by Crippen LogP contribution is 2.14. The SMILES string of the molecule is CC.CC1CN(C(=O)CC#N)C1. The Hall–Kier alpha value is -1.04. The van der Waals surface area contributed by atoms with E-state index in [0.29, 0.717) is 5.92 Å². The van der Waals surface area contributed by atoms with Gasteiger partial charge in [-0.05, 0) is 5.92 Å². The molecule has 1 saturated heterocycles. The Balaban J connectivity index is 0.000000561. The summed E-state index contributed by atoms with van der Waals surface area (Å²) in [4.78, 5) is 12.6. The van der Waals surface area contributed by atoms with Crippen LogP contribution >= 0.6 is 0 Å². The van der Waals surface area contributed by atoms with E-state index in [1.807, 2.05) is 19.9 Å². The van der Waals surface area contributed by atoms with E-state index in [-0.39, 0.29) is 12.3 Å². The van der Waals surface area contributed by atoms with Crippen LogP contribution in [-0.4, -0.2) is 23.9 Å². The van der Waals surface area contributed by atoms with E-state index in [1.165, 1.54) is 0 Å². The van der Waals surface area contributed by atoms with Crippen LogP contribution in [0.4, 0.5) is 0 Å². The highest BCUT2D eigenvalue weighted by molar-refractivity contribution is 5.78. The molecule has 12 heavy (non-hydrogen) atoms. The zero-order valence-electron chi connectivity index (χ0n) is 8.00. The van der Waals surface area contributed by atoms with Crippen molar-refractivity contribution in [3.05, 3.63) is 0 Å². The first-order valence-corrected chi connectivity index (χ1v) is 4.38. The minimum atomic E-state index is -0.0272. The summed E-state index contributed by atoms with van der Waals surface area (Å²) in [6.45, 7) is 7.76. The third kappa shape index (κ3) is 2.91. The van der Waals surface area contributed by atoms with E-state index in [1.54, 1.807) is 4.90 Å². The lowest BCUT2D eigenvalue weighted by Crippen LogP contribution is -2.48. The van der Waals surface area contributed by atoms with Crippen LogP contribution in [0.1, 0.15) is 27.2 Å². The molecule has 3 nitrogen and oxygen atoms in total. The monoisotopic (exact) mass is 168 g/mol. The van der Waals surface area contributed by atoms with Crippen LogP contribution in [0.2, 0.25) is 0 Å². The van der Waals surface area contributed by atoms with Crippen molar-refractivity contribution in [2.75, 3.05) is 13.1 Å². The van der Waals surface area contributed by atoms with Gasteiger partial charge in [-0.2, -0.15) is 5.26 Å². The number of carbonyl (C=O) groups excluding carboxylic acids is 1. The van der Waals surface area contributed by atoms with E-state index in [4.69, 9.17) is 5.26 Å². The molecule has 1 rings (SSSR count). The van der Waals surface area contributed by atoms with Gasteiger partial charge in [0, 0.05) is 13.1 Å². The summed E-state index contributed by atoms with van der Waals surface area (Å²) < 4.78 is 0. The quantitative estimate of drug-likeness (QED) is 0.594. The summed E-state index contributed by atoms with van der Waals surface area (Å²) in [6.07, 6.45) is 0.0344. The van der Waals surface area contributed by atoms with Crippen molar-refractivity contribution in [1.29, 1.82) is 5.26 Å². The molecule has 0 unspecified atom stereocenters. The summed E-state index contributed by atoms with van der Waals surface area (Å²) in [5, 5.41) is 8.17. The van der Waals surface area contributed by atoms with Crippen molar-refractivity contribution in [3.63, 3.8) is 0 Å². The molecule has 0 spiro atoms. The van der Waals surface area contributed by atoms with Gasteiger partial charge in [-0.15, -0.1) is 0 Å². The van der Waals surface area contributed by atoms with Gasteiger partial charge in [0.15, 0.2) is 0 Å². The molecule has 1 amide bonds. The van der Waals surface area contributed by atoms with Gasteiger partial charge in [-0.1, -0.05) is 20.8 Å². The van der Waals surface area contributed by atoms with Crippen molar-refractivity contribution in [2.24, 2.45) is 5.92 Å². The van der Waals surface area contributed by atoms with Crippen molar-refractivity contribution in [2.45, 2.75) is 27.2 Å². The Morgan fingerprint density at radius 1 is 1.58 bits per heavy atom. The lowest BCUT2D eigenvalue weighted by atomic mass is 10.0. The average molecular weight is 168 g/mol. The van der Waals surface area contributed by atoms with Crippen molar-refractivity contribution < 1.29 is 4.79 Å². The molecule has 68 valence electrons. The van der Waals surface area contributed by atoms with Crippen LogP contribution < -0.4 is 0 Å². The maximum atomic E-state index is 10.9. The predicted molar refractivity (Wildman–Crippen MR) is 47.3 cm³/mol. The second kappa shape index (κ2) is 5.59. The summed E-state index contributed by atoms with van der Waals surface area (Å²) in [5.74, 6) is 0.600. The van der Waals surface area contributed by atoms with Gasteiger partial charge in [-0.25, -0.2) is 0 Å². The Bertz CT molecular complexity index is 177. The summed E-state index contributed by atoms with van der Waals surface area (Å²) in [6, 6.07) is 1.84. The molecule has 0 aromatic rings. The van der Waals surface area contributed by atoms with E-state index < -0.39 is 0 Å². The number of likely N-dealkylation sites (tertiary alicyclic amines) is 1. The maximum absolute atomic E-state index is 10.9. The van der Waals surface area contributed by atoms with E-state index in [9.17, 15) is 4.79 Å². The van der Waals surface area contributed by atoms with Gasteiger partial charge in [-0.3, -0.25) is 4.79 Å². The predicted octanol–water partition coefficient (Wildman–Crippen LogP) is 1.40. The molecule has 0 aliphatic carbocycles. The Kier molecular flexibility index (Phi) is 5.11. The largest absolute Gasteiger partial charge is 0.341 e. The van der Waals surface area contributed by atoms with Gasteiger partial charge < -0.3 is 4.90 Å². The Morgan fingerprint density at radius 2 is 2.08 bits per heavy atom. The molecule has 0 radical (unpaired) electrons. The number of carbonyl (C=O) groups is 1. The fraction of sp³-hybridized carbons (Fsp3) is 0.778. The number of hydrogen-bond acceptors (Lipinski definition) is 2. The fourth-order valence-corrected chi connectivity index (χ4v) is 1.08. The van der Waals surface area contributed by atoms with Gasteiger partial charge >= 0.3 is 0 Å². The molecule has 1 fully saturated rings. The first kappa shape index (κ1) is 11.0. The van der Waals surface area contributed by atoms with E-state index >= 15 is 0 Å². The number of nitriles is 1. The lowest BCUT2D eigenvalue weighted by molar-refractivity contribution is -0.135. The first-order valence-electron chi connectivity index (χ1n) is 4.38. The highest BCUT2D eigenvalue weighted by atomic mass is 16.2. The van der Waals surface area contributed by atoms with Crippen LogP contribution in [-0.2, 0) is 4.79 Å². The minimum absolute atomic E-state index is 0.0272. The molecule has 1 aliphatic heterocycles. The topological polar surface area (TPSA) is 44.1 Å². The molecule has 1 heterocycles. The average Bonchev–Trinajstić information content (AvgIpc) is 2.03. The van der Waals surface area contributed by atoms with E-state index in [0.717, 1.165) is 13.1 Å². The zero-order valence-corrected chi connectivity index (χ0v) is 8.00. The Morgan fingerprint density at radius 3 is 2.42 bits per heavy atom. The number of amides is 1.